The van der Waals surface area contributed by atoms with Crippen LogP contribution >= 0.6 is 15.9 Å². The number of benzene rings is 1. The van der Waals surface area contributed by atoms with E-state index in [2.05, 4.69) is 45.1 Å². The zero-order chi connectivity index (χ0) is 15.4. The highest BCUT2D eigenvalue weighted by molar-refractivity contribution is 9.10. The number of hydrogen-bond donors (Lipinski definition) is 1. The quantitative estimate of drug-likeness (QED) is 0.661. The Morgan fingerprint density at radius 2 is 2.00 bits per heavy atom. The van der Waals surface area contributed by atoms with Crippen molar-refractivity contribution in [3.05, 3.63) is 34.3 Å². The molecule has 3 rings (SSSR count). The topological polar surface area (TPSA) is 50.8 Å². The van der Waals surface area contributed by atoms with Gasteiger partial charge in [0.25, 0.3) is 0 Å². The minimum absolute atomic E-state index is 0.153. The minimum Gasteiger partial charge on any atom is -0.378 e. The van der Waals surface area contributed by atoms with Crippen LogP contribution in [0.1, 0.15) is 31.2 Å². The predicted octanol–water partition coefficient (Wildman–Crippen LogP) is 2.91. The minimum atomic E-state index is 0.153. The number of halogens is 1. The lowest BCUT2D eigenvalue weighted by Gasteiger charge is -2.31. The van der Waals surface area contributed by atoms with Crippen LogP contribution in [0.2, 0.25) is 0 Å². The Kier molecular flexibility index (Phi) is 5.03. The number of rotatable bonds is 3. The van der Waals surface area contributed by atoms with Crippen molar-refractivity contribution in [2.45, 2.75) is 31.1 Å². The van der Waals surface area contributed by atoms with E-state index >= 15 is 0 Å². The van der Waals surface area contributed by atoms with Crippen molar-refractivity contribution in [1.29, 1.82) is 0 Å². The van der Waals surface area contributed by atoms with Gasteiger partial charge in [-0.1, -0.05) is 40.9 Å². The summed E-state index contributed by atoms with van der Waals surface area (Å²) in [5, 5.41) is 0. The lowest BCUT2D eigenvalue weighted by atomic mass is 9.79. The molecule has 0 amide bonds. The van der Waals surface area contributed by atoms with E-state index in [0.717, 1.165) is 37.3 Å². The highest BCUT2D eigenvalue weighted by Crippen LogP contribution is 2.42. The second-order valence-electron chi connectivity index (χ2n) is 6.27. The molecule has 0 spiro atoms. The molecule has 1 heterocycles. The van der Waals surface area contributed by atoms with Gasteiger partial charge in [0.2, 0.25) is 0 Å². The normalized spacial score (nSPS) is 22.0. The molecule has 5 heteroatoms. The Morgan fingerprint density at radius 1 is 1.27 bits per heavy atom. The van der Waals surface area contributed by atoms with Gasteiger partial charge >= 0.3 is 0 Å². The molecule has 0 atom stereocenters. The lowest BCUT2D eigenvalue weighted by Crippen LogP contribution is -2.45. The van der Waals surface area contributed by atoms with Gasteiger partial charge in [0.15, 0.2) is 5.96 Å². The van der Waals surface area contributed by atoms with E-state index in [4.69, 9.17) is 15.5 Å². The first-order valence-electron chi connectivity index (χ1n) is 8.08. The molecule has 0 unspecified atom stereocenters. The van der Waals surface area contributed by atoms with Crippen LogP contribution in [0.25, 0.3) is 0 Å². The lowest BCUT2D eigenvalue weighted by molar-refractivity contribution is 0.0673. The summed E-state index contributed by atoms with van der Waals surface area (Å²) in [6, 6.07) is 8.67. The number of ether oxygens (including phenoxy) is 1. The van der Waals surface area contributed by atoms with Crippen LogP contribution in [0.5, 0.6) is 0 Å². The molecule has 1 aromatic rings. The van der Waals surface area contributed by atoms with Crippen molar-refractivity contribution in [3.8, 4) is 0 Å². The molecule has 120 valence electrons. The summed E-state index contributed by atoms with van der Waals surface area (Å²) in [7, 11) is 0. The Bertz CT molecular complexity index is 534. The van der Waals surface area contributed by atoms with Gasteiger partial charge in [-0.3, -0.25) is 4.99 Å². The second-order valence-corrected chi connectivity index (χ2v) is 7.19. The number of guanidine groups is 1. The molecule has 1 aliphatic heterocycles. The first-order valence-corrected chi connectivity index (χ1v) is 8.88. The second kappa shape index (κ2) is 7.01. The number of morpholine rings is 1. The van der Waals surface area contributed by atoms with E-state index in [-0.39, 0.29) is 5.41 Å². The van der Waals surface area contributed by atoms with Crippen LogP contribution in [0, 0.1) is 0 Å². The van der Waals surface area contributed by atoms with Crippen molar-refractivity contribution in [3.63, 3.8) is 0 Å². The molecule has 1 saturated carbocycles. The van der Waals surface area contributed by atoms with Gasteiger partial charge in [-0.2, -0.15) is 0 Å². The zero-order valence-electron chi connectivity index (χ0n) is 12.9. The fourth-order valence-electron chi connectivity index (χ4n) is 3.53. The molecule has 22 heavy (non-hydrogen) atoms. The number of nitrogens with zero attached hydrogens (tertiary/aromatic N) is 2. The van der Waals surface area contributed by atoms with Crippen molar-refractivity contribution in [2.75, 3.05) is 32.8 Å². The van der Waals surface area contributed by atoms with Crippen LogP contribution in [0.3, 0.4) is 0 Å². The fourth-order valence-corrected chi connectivity index (χ4v) is 3.93. The SMILES string of the molecule is NC(=NCC1(c2cccc(Br)c2)CCCC1)N1CCOCC1. The molecule has 1 aliphatic carbocycles. The van der Waals surface area contributed by atoms with Gasteiger partial charge in [-0.05, 0) is 30.5 Å². The summed E-state index contributed by atoms with van der Waals surface area (Å²) in [5.74, 6) is 0.671. The summed E-state index contributed by atoms with van der Waals surface area (Å²) >= 11 is 3.59. The standard InChI is InChI=1S/C17H24BrN3O/c18-15-5-3-4-14(12-15)17(6-1-2-7-17)13-20-16(19)21-8-10-22-11-9-21/h3-5,12H,1-2,6-11,13H2,(H2,19,20). The van der Waals surface area contributed by atoms with Crippen LogP contribution < -0.4 is 5.73 Å². The third kappa shape index (κ3) is 3.46. The summed E-state index contributed by atoms with van der Waals surface area (Å²) < 4.78 is 6.51. The molecule has 2 aliphatic rings. The first kappa shape index (κ1) is 15.8. The third-order valence-electron chi connectivity index (χ3n) is 4.88. The Morgan fingerprint density at radius 3 is 2.68 bits per heavy atom. The van der Waals surface area contributed by atoms with E-state index in [1.54, 1.807) is 0 Å². The summed E-state index contributed by atoms with van der Waals surface area (Å²) in [4.78, 5) is 6.89. The van der Waals surface area contributed by atoms with Gasteiger partial charge in [0.05, 0.1) is 19.8 Å². The summed E-state index contributed by atoms with van der Waals surface area (Å²) in [6.07, 6.45) is 4.95. The van der Waals surface area contributed by atoms with E-state index in [1.165, 1.54) is 31.2 Å². The Balaban J connectivity index is 1.77. The van der Waals surface area contributed by atoms with Gasteiger partial charge in [-0.25, -0.2) is 0 Å². The molecule has 0 radical (unpaired) electrons. The van der Waals surface area contributed by atoms with Crippen molar-refractivity contribution in [1.82, 2.24) is 4.90 Å². The van der Waals surface area contributed by atoms with Gasteiger partial charge < -0.3 is 15.4 Å². The third-order valence-corrected chi connectivity index (χ3v) is 5.37. The maximum Gasteiger partial charge on any atom is 0.191 e. The smallest absolute Gasteiger partial charge is 0.191 e. The van der Waals surface area contributed by atoms with E-state index in [0.29, 0.717) is 5.96 Å². The monoisotopic (exact) mass is 365 g/mol. The van der Waals surface area contributed by atoms with Crippen molar-refractivity contribution in [2.24, 2.45) is 10.7 Å². The molecule has 1 aromatic carbocycles. The highest BCUT2D eigenvalue weighted by atomic mass is 79.9. The van der Waals surface area contributed by atoms with Crippen LogP contribution in [-0.4, -0.2) is 43.7 Å². The molecule has 2 fully saturated rings. The van der Waals surface area contributed by atoms with Crippen LogP contribution in [0.4, 0.5) is 0 Å². The highest BCUT2D eigenvalue weighted by Gasteiger charge is 2.35. The van der Waals surface area contributed by atoms with Crippen molar-refractivity contribution < 1.29 is 4.74 Å². The summed E-state index contributed by atoms with van der Waals surface area (Å²) in [5.41, 5.74) is 7.74. The molecular formula is C17H24BrN3O. The number of hydrogen-bond acceptors (Lipinski definition) is 2. The maximum atomic E-state index is 6.20. The van der Waals surface area contributed by atoms with Gasteiger partial charge in [0.1, 0.15) is 0 Å². The zero-order valence-corrected chi connectivity index (χ0v) is 14.5. The van der Waals surface area contributed by atoms with Crippen molar-refractivity contribution >= 4 is 21.9 Å². The van der Waals surface area contributed by atoms with E-state index in [1.807, 2.05) is 0 Å². The maximum absolute atomic E-state index is 6.20. The molecule has 4 nitrogen and oxygen atoms in total. The average Bonchev–Trinajstić information content (AvgIpc) is 3.04. The van der Waals surface area contributed by atoms with Gasteiger partial charge in [0, 0.05) is 23.0 Å². The molecule has 0 aromatic heterocycles. The van der Waals surface area contributed by atoms with Crippen LogP contribution in [-0.2, 0) is 10.2 Å². The van der Waals surface area contributed by atoms with Gasteiger partial charge in [-0.15, -0.1) is 0 Å². The van der Waals surface area contributed by atoms with Crippen LogP contribution in [0.15, 0.2) is 33.7 Å². The number of nitrogens with two attached hydrogens (primary N) is 1. The first-order chi connectivity index (χ1) is 10.7. The molecule has 1 saturated heterocycles. The summed E-state index contributed by atoms with van der Waals surface area (Å²) in [6.45, 7) is 3.96. The Labute approximate surface area is 140 Å². The average molecular weight is 366 g/mol. The fraction of sp³-hybridized carbons (Fsp3) is 0.588. The number of aliphatic imine (C=N–C) groups is 1. The molecular weight excluding hydrogens is 342 g/mol. The van der Waals surface area contributed by atoms with E-state index < -0.39 is 0 Å². The predicted molar refractivity (Wildman–Crippen MR) is 93.2 cm³/mol. The molecule has 2 N–H and O–H groups in total. The molecule has 0 bridgehead atoms. The van der Waals surface area contributed by atoms with E-state index in [9.17, 15) is 0 Å². The largest absolute Gasteiger partial charge is 0.378 e. The Hall–Kier alpha value is -1.07.